The van der Waals surface area contributed by atoms with E-state index < -0.39 is 0 Å². The van der Waals surface area contributed by atoms with E-state index in [-0.39, 0.29) is 24.0 Å². The molecule has 0 aliphatic rings. The lowest BCUT2D eigenvalue weighted by Gasteiger charge is -2.23. The van der Waals surface area contributed by atoms with Crippen molar-refractivity contribution in [2.45, 2.75) is 6.67 Å². The van der Waals surface area contributed by atoms with Crippen LogP contribution in [0.1, 0.15) is 0 Å². The molecule has 0 unspecified atom stereocenters. The van der Waals surface area contributed by atoms with Crippen LogP contribution in [0.3, 0.4) is 0 Å². The zero-order valence-electron chi connectivity index (χ0n) is 9.18. The second-order valence-electron chi connectivity index (χ2n) is 4.51. The second-order valence-corrected chi connectivity index (χ2v) is 4.51. The monoisotopic (exact) mass is 318 g/mol. The minimum absolute atomic E-state index is 0. The summed E-state index contributed by atoms with van der Waals surface area (Å²) in [5, 5.41) is 8.24. The summed E-state index contributed by atoms with van der Waals surface area (Å²) in [6, 6.07) is 8.02. The zero-order chi connectivity index (χ0) is 10.2. The summed E-state index contributed by atoms with van der Waals surface area (Å²) in [6.07, 6.45) is 0. The van der Waals surface area contributed by atoms with Gasteiger partial charge in [0.15, 0.2) is 6.67 Å². The summed E-state index contributed by atoms with van der Waals surface area (Å²) in [5.41, 5.74) is 2.06. The molecular weight excluding hydrogens is 303 g/mol. The highest BCUT2D eigenvalue weighted by Crippen LogP contribution is 2.10. The van der Waals surface area contributed by atoms with E-state index in [0.717, 1.165) is 22.2 Å². The molecule has 2 rings (SSSR count). The first kappa shape index (κ1) is 12.4. The van der Waals surface area contributed by atoms with E-state index in [1.807, 2.05) is 28.9 Å². The Bertz CT molecular complexity index is 444. The summed E-state index contributed by atoms with van der Waals surface area (Å²) in [4.78, 5) is 0. The topological polar surface area (TPSA) is 30.7 Å². The molecule has 0 spiro atoms. The first-order chi connectivity index (χ1) is 6.56. The summed E-state index contributed by atoms with van der Waals surface area (Å²) in [7, 11) is 6.41. The van der Waals surface area contributed by atoms with E-state index in [1.165, 1.54) is 0 Å². The van der Waals surface area contributed by atoms with Gasteiger partial charge in [-0.1, -0.05) is 17.3 Å². The lowest BCUT2D eigenvalue weighted by molar-refractivity contribution is -0.893. The van der Waals surface area contributed by atoms with Gasteiger partial charge in [0.25, 0.3) is 0 Å². The molecular formula is C10H15IN4. The van der Waals surface area contributed by atoms with Crippen LogP contribution in [0.25, 0.3) is 11.0 Å². The number of para-hydroxylation sites is 1. The van der Waals surface area contributed by atoms with Crippen molar-refractivity contribution in [2.24, 2.45) is 0 Å². The first-order valence-electron chi connectivity index (χ1n) is 4.65. The van der Waals surface area contributed by atoms with Crippen molar-refractivity contribution in [3.05, 3.63) is 24.3 Å². The molecule has 82 valence electrons. The average molecular weight is 318 g/mol. The Kier molecular flexibility index (Phi) is 3.67. The average Bonchev–Trinajstić information content (AvgIpc) is 2.47. The van der Waals surface area contributed by atoms with Gasteiger partial charge in [-0.15, -0.1) is 5.10 Å². The van der Waals surface area contributed by atoms with Gasteiger partial charge in [-0.05, 0) is 12.1 Å². The predicted molar refractivity (Wildman–Crippen MR) is 55.6 cm³/mol. The molecule has 0 bridgehead atoms. The lowest BCUT2D eigenvalue weighted by Crippen LogP contribution is -3.00. The van der Waals surface area contributed by atoms with Crippen LogP contribution in [-0.2, 0) is 6.67 Å². The molecule has 15 heavy (non-hydrogen) atoms. The minimum atomic E-state index is 0. The van der Waals surface area contributed by atoms with E-state index in [1.54, 1.807) is 0 Å². The number of rotatable bonds is 2. The third kappa shape index (κ3) is 2.88. The summed E-state index contributed by atoms with van der Waals surface area (Å²) < 4.78 is 2.78. The first-order valence-corrected chi connectivity index (χ1v) is 4.65. The van der Waals surface area contributed by atoms with Crippen LogP contribution in [0.4, 0.5) is 0 Å². The number of aromatic nitrogens is 3. The maximum atomic E-state index is 4.13. The van der Waals surface area contributed by atoms with Crippen molar-refractivity contribution in [3.8, 4) is 0 Å². The Balaban J connectivity index is 0.00000112. The van der Waals surface area contributed by atoms with E-state index >= 15 is 0 Å². The van der Waals surface area contributed by atoms with Gasteiger partial charge in [0.2, 0.25) is 0 Å². The minimum Gasteiger partial charge on any atom is -1.00 e. The van der Waals surface area contributed by atoms with Gasteiger partial charge in [0.1, 0.15) is 5.52 Å². The number of halogens is 1. The number of hydrogen-bond donors (Lipinski definition) is 0. The Morgan fingerprint density at radius 1 is 1.20 bits per heavy atom. The van der Waals surface area contributed by atoms with E-state index in [9.17, 15) is 0 Å². The van der Waals surface area contributed by atoms with E-state index in [0.29, 0.717) is 0 Å². The molecule has 4 nitrogen and oxygen atoms in total. The summed E-state index contributed by atoms with van der Waals surface area (Å²) in [5.74, 6) is 0. The van der Waals surface area contributed by atoms with Crippen molar-refractivity contribution < 1.29 is 28.5 Å². The molecule has 1 aromatic heterocycles. The maximum absolute atomic E-state index is 4.13. The molecule has 0 saturated carbocycles. The predicted octanol–water partition coefficient (Wildman–Crippen LogP) is -1.90. The number of nitrogens with zero attached hydrogens (tertiary/aromatic N) is 4. The number of hydrogen-bond acceptors (Lipinski definition) is 2. The highest BCUT2D eigenvalue weighted by Gasteiger charge is 2.11. The van der Waals surface area contributed by atoms with Crippen molar-refractivity contribution >= 4 is 11.0 Å². The molecule has 0 atom stereocenters. The Labute approximate surface area is 106 Å². The number of quaternary nitrogens is 1. The number of benzene rings is 1. The fraction of sp³-hybridized carbons (Fsp3) is 0.400. The molecule has 0 N–H and O–H groups in total. The zero-order valence-corrected chi connectivity index (χ0v) is 11.3. The van der Waals surface area contributed by atoms with Crippen molar-refractivity contribution in [1.82, 2.24) is 15.0 Å². The summed E-state index contributed by atoms with van der Waals surface area (Å²) >= 11 is 0. The largest absolute Gasteiger partial charge is 1.00 e. The molecule has 5 heteroatoms. The highest BCUT2D eigenvalue weighted by atomic mass is 127. The van der Waals surface area contributed by atoms with Crippen LogP contribution in [0, 0.1) is 0 Å². The highest BCUT2D eigenvalue weighted by molar-refractivity contribution is 5.73. The Morgan fingerprint density at radius 3 is 2.53 bits per heavy atom. The summed E-state index contributed by atoms with van der Waals surface area (Å²) in [6.45, 7) is 0.834. The molecule has 1 aromatic carbocycles. The van der Waals surface area contributed by atoms with Gasteiger partial charge >= 0.3 is 0 Å². The molecule has 0 aliphatic carbocycles. The van der Waals surface area contributed by atoms with Crippen LogP contribution in [0.2, 0.25) is 0 Å². The van der Waals surface area contributed by atoms with Crippen LogP contribution in [0.5, 0.6) is 0 Å². The number of fused-ring (bicyclic) bond motifs is 1. The third-order valence-electron chi connectivity index (χ3n) is 1.98. The molecule has 0 aliphatic heterocycles. The van der Waals surface area contributed by atoms with Gasteiger partial charge in [-0.25, -0.2) is 0 Å². The Morgan fingerprint density at radius 2 is 1.87 bits per heavy atom. The van der Waals surface area contributed by atoms with Crippen LogP contribution in [-0.4, -0.2) is 40.6 Å². The molecule has 2 aromatic rings. The van der Waals surface area contributed by atoms with Gasteiger partial charge < -0.3 is 28.5 Å². The fourth-order valence-corrected chi connectivity index (χ4v) is 1.42. The lowest BCUT2D eigenvalue weighted by atomic mass is 10.3. The van der Waals surface area contributed by atoms with Gasteiger partial charge in [0.05, 0.1) is 26.7 Å². The van der Waals surface area contributed by atoms with Crippen LogP contribution in [0.15, 0.2) is 24.3 Å². The van der Waals surface area contributed by atoms with Crippen molar-refractivity contribution in [3.63, 3.8) is 0 Å². The Hall–Kier alpha value is -0.690. The normalized spacial score (nSPS) is 11.4. The standard InChI is InChI=1S/C10H15N4.HI/c1-14(2,3)8-13-10-7-5-4-6-9(10)11-12-13;/h4-7H,8H2,1-3H3;1H/q+1;/p-1. The van der Waals surface area contributed by atoms with E-state index in [4.69, 9.17) is 0 Å². The van der Waals surface area contributed by atoms with Crippen LogP contribution >= 0.6 is 0 Å². The molecule has 0 saturated heterocycles. The van der Waals surface area contributed by atoms with Crippen molar-refractivity contribution in [1.29, 1.82) is 0 Å². The molecule has 0 fully saturated rings. The molecule has 1 heterocycles. The molecule has 0 radical (unpaired) electrons. The second kappa shape index (κ2) is 4.44. The maximum Gasteiger partial charge on any atom is 0.176 e. The van der Waals surface area contributed by atoms with Gasteiger partial charge in [-0.3, -0.25) is 0 Å². The SMILES string of the molecule is C[N+](C)(C)Cn1nnc2ccccc21.[I-]. The molecule has 0 amide bonds. The van der Waals surface area contributed by atoms with Gasteiger partial charge in [0, 0.05) is 0 Å². The fourth-order valence-electron chi connectivity index (χ4n) is 1.42. The van der Waals surface area contributed by atoms with Gasteiger partial charge in [-0.2, -0.15) is 4.68 Å². The third-order valence-corrected chi connectivity index (χ3v) is 1.98. The van der Waals surface area contributed by atoms with E-state index in [2.05, 4.69) is 31.5 Å². The van der Waals surface area contributed by atoms with Crippen molar-refractivity contribution in [2.75, 3.05) is 21.1 Å². The quantitative estimate of drug-likeness (QED) is 0.478. The smallest absolute Gasteiger partial charge is 0.176 e. The van der Waals surface area contributed by atoms with Crippen LogP contribution < -0.4 is 24.0 Å².